The molecule has 26 heavy (non-hydrogen) atoms. The maximum absolute atomic E-state index is 12.3. The van der Waals surface area contributed by atoms with Gasteiger partial charge in [0.15, 0.2) is 5.82 Å². The molecule has 3 rings (SSSR count). The summed E-state index contributed by atoms with van der Waals surface area (Å²) in [5, 5.41) is 4.05. The molecule has 0 aromatic carbocycles. The lowest BCUT2D eigenvalue weighted by Crippen LogP contribution is -2.54. The number of aromatic nitrogens is 2. The van der Waals surface area contributed by atoms with Gasteiger partial charge in [-0.2, -0.15) is 16.7 Å². The Hall–Kier alpha value is -1.08. The van der Waals surface area contributed by atoms with E-state index < -0.39 is 0 Å². The van der Waals surface area contributed by atoms with Crippen molar-refractivity contribution < 1.29 is 9.32 Å². The fourth-order valence-corrected chi connectivity index (χ4v) is 4.61. The number of carbonyl (C=O) groups excluding carboxylic acids is 1. The van der Waals surface area contributed by atoms with E-state index >= 15 is 0 Å². The van der Waals surface area contributed by atoms with Gasteiger partial charge in [-0.05, 0) is 44.4 Å². The van der Waals surface area contributed by atoms with Crippen LogP contribution in [0.5, 0.6) is 0 Å². The van der Waals surface area contributed by atoms with Gasteiger partial charge in [-0.15, -0.1) is 0 Å². The quantitative estimate of drug-likeness (QED) is 0.724. The first-order valence-corrected chi connectivity index (χ1v) is 11.2. The van der Waals surface area contributed by atoms with Crippen molar-refractivity contribution in [2.75, 3.05) is 32.4 Å². The first kappa shape index (κ1) is 19.7. The highest BCUT2D eigenvalue weighted by molar-refractivity contribution is 7.97. The van der Waals surface area contributed by atoms with Crippen molar-refractivity contribution in [2.24, 2.45) is 11.3 Å². The standard InChI is InChI=1S/C19H32N4O2S/c1-15(2)6-10-23-14-19(8-5-18(23)24)7-4-9-22(13-19)11-17-20-16(12-26-3)21-25-17/h15H,4-14H2,1-3H3. The molecule has 0 N–H and O–H groups in total. The molecule has 0 aliphatic carbocycles. The van der Waals surface area contributed by atoms with Crippen molar-refractivity contribution in [1.29, 1.82) is 0 Å². The molecule has 0 saturated carbocycles. The Morgan fingerprint density at radius 3 is 2.92 bits per heavy atom. The molecule has 146 valence electrons. The molecule has 2 saturated heterocycles. The molecular formula is C19H32N4O2S. The Morgan fingerprint density at radius 1 is 1.31 bits per heavy atom. The van der Waals surface area contributed by atoms with Gasteiger partial charge in [-0.3, -0.25) is 9.69 Å². The van der Waals surface area contributed by atoms with E-state index in [1.165, 1.54) is 12.8 Å². The lowest BCUT2D eigenvalue weighted by molar-refractivity contribution is -0.139. The molecule has 1 unspecified atom stereocenters. The molecule has 1 amide bonds. The van der Waals surface area contributed by atoms with Crippen LogP contribution in [0.3, 0.4) is 0 Å². The predicted octanol–water partition coefficient (Wildman–Crippen LogP) is 3.18. The molecule has 0 bridgehead atoms. The van der Waals surface area contributed by atoms with Crippen molar-refractivity contribution in [1.82, 2.24) is 19.9 Å². The molecule has 1 aromatic heterocycles. The molecule has 2 fully saturated rings. The SMILES string of the molecule is CSCc1noc(CN2CCCC3(CCC(=O)N(CCC(C)C)C3)C2)n1. The van der Waals surface area contributed by atoms with Crippen LogP contribution in [0.1, 0.15) is 57.7 Å². The van der Waals surface area contributed by atoms with Crippen LogP contribution >= 0.6 is 11.8 Å². The summed E-state index contributed by atoms with van der Waals surface area (Å²) in [4.78, 5) is 21.4. The number of piperidine rings is 2. The number of carbonyl (C=O) groups is 1. The molecule has 0 radical (unpaired) electrons. The van der Waals surface area contributed by atoms with E-state index in [2.05, 4.69) is 33.8 Å². The second-order valence-corrected chi connectivity index (χ2v) is 9.22. The number of likely N-dealkylation sites (tertiary alicyclic amines) is 2. The summed E-state index contributed by atoms with van der Waals surface area (Å²) in [5.74, 6) is 3.26. The highest BCUT2D eigenvalue weighted by Crippen LogP contribution is 2.39. The number of amides is 1. The van der Waals surface area contributed by atoms with Gasteiger partial charge in [0.25, 0.3) is 0 Å². The number of hydrogen-bond donors (Lipinski definition) is 0. The van der Waals surface area contributed by atoms with Crippen LogP contribution in [-0.4, -0.2) is 58.3 Å². The summed E-state index contributed by atoms with van der Waals surface area (Å²) < 4.78 is 5.42. The highest BCUT2D eigenvalue weighted by atomic mass is 32.2. The van der Waals surface area contributed by atoms with Gasteiger partial charge in [0.2, 0.25) is 11.8 Å². The van der Waals surface area contributed by atoms with Crippen molar-refractivity contribution in [3.05, 3.63) is 11.7 Å². The topological polar surface area (TPSA) is 62.5 Å². The van der Waals surface area contributed by atoms with Crippen LogP contribution in [0.15, 0.2) is 4.52 Å². The van der Waals surface area contributed by atoms with Crippen LogP contribution in [-0.2, 0) is 17.1 Å². The molecule has 1 atom stereocenters. The molecular weight excluding hydrogens is 348 g/mol. The normalized spacial score (nSPS) is 24.8. The summed E-state index contributed by atoms with van der Waals surface area (Å²) in [6.45, 7) is 9.09. The number of rotatable bonds is 7. The van der Waals surface area contributed by atoms with E-state index in [1.807, 2.05) is 6.26 Å². The first-order valence-electron chi connectivity index (χ1n) is 9.80. The molecule has 7 heteroatoms. The zero-order chi connectivity index (χ0) is 18.6. The summed E-state index contributed by atoms with van der Waals surface area (Å²) >= 11 is 1.70. The summed E-state index contributed by atoms with van der Waals surface area (Å²) in [5.41, 5.74) is 0.241. The number of nitrogens with zero attached hydrogens (tertiary/aromatic N) is 4. The van der Waals surface area contributed by atoms with Crippen LogP contribution in [0, 0.1) is 11.3 Å². The summed E-state index contributed by atoms with van der Waals surface area (Å²) in [6, 6.07) is 0. The van der Waals surface area contributed by atoms with Gasteiger partial charge in [0.1, 0.15) is 0 Å². The molecule has 3 heterocycles. The van der Waals surface area contributed by atoms with E-state index in [1.54, 1.807) is 11.8 Å². The Kier molecular flexibility index (Phi) is 6.61. The maximum atomic E-state index is 12.3. The zero-order valence-electron chi connectivity index (χ0n) is 16.4. The van der Waals surface area contributed by atoms with Crippen LogP contribution in [0.2, 0.25) is 0 Å². The van der Waals surface area contributed by atoms with Gasteiger partial charge in [0, 0.05) is 31.5 Å². The third-order valence-corrected chi connectivity index (χ3v) is 6.15. The van der Waals surface area contributed by atoms with E-state index in [9.17, 15) is 4.79 Å². The first-order chi connectivity index (χ1) is 12.5. The summed E-state index contributed by atoms with van der Waals surface area (Å²) in [6.07, 6.45) is 7.24. The van der Waals surface area contributed by atoms with E-state index in [-0.39, 0.29) is 5.41 Å². The number of hydrogen-bond acceptors (Lipinski definition) is 6. The second kappa shape index (κ2) is 8.74. The van der Waals surface area contributed by atoms with Crippen molar-refractivity contribution in [2.45, 2.75) is 58.2 Å². The lowest BCUT2D eigenvalue weighted by Gasteiger charge is -2.48. The average molecular weight is 381 g/mol. The van der Waals surface area contributed by atoms with Gasteiger partial charge in [-0.1, -0.05) is 19.0 Å². The van der Waals surface area contributed by atoms with Crippen LogP contribution in [0.25, 0.3) is 0 Å². The maximum Gasteiger partial charge on any atom is 0.240 e. The Labute approximate surface area is 161 Å². The van der Waals surface area contributed by atoms with Crippen LogP contribution in [0.4, 0.5) is 0 Å². The van der Waals surface area contributed by atoms with Crippen molar-refractivity contribution in [3.63, 3.8) is 0 Å². The predicted molar refractivity (Wildman–Crippen MR) is 104 cm³/mol. The van der Waals surface area contributed by atoms with E-state index in [4.69, 9.17) is 4.52 Å². The molecule has 2 aliphatic heterocycles. The molecule has 1 aromatic rings. The Balaban J connectivity index is 1.59. The van der Waals surface area contributed by atoms with Gasteiger partial charge in [-0.25, -0.2) is 0 Å². The summed E-state index contributed by atoms with van der Waals surface area (Å²) in [7, 11) is 0. The van der Waals surface area contributed by atoms with Crippen molar-refractivity contribution >= 4 is 17.7 Å². The minimum atomic E-state index is 0.241. The molecule has 1 spiro atoms. The smallest absolute Gasteiger partial charge is 0.240 e. The minimum absolute atomic E-state index is 0.241. The monoisotopic (exact) mass is 380 g/mol. The van der Waals surface area contributed by atoms with E-state index in [0.717, 1.165) is 63.0 Å². The number of thioether (sulfide) groups is 1. The minimum Gasteiger partial charge on any atom is -0.342 e. The third-order valence-electron chi connectivity index (χ3n) is 5.61. The second-order valence-electron chi connectivity index (χ2n) is 8.35. The largest absolute Gasteiger partial charge is 0.342 e. The van der Waals surface area contributed by atoms with Gasteiger partial charge in [0.05, 0.1) is 12.3 Å². The fraction of sp³-hybridized carbons (Fsp3) is 0.842. The zero-order valence-corrected chi connectivity index (χ0v) is 17.2. The molecule has 6 nitrogen and oxygen atoms in total. The fourth-order valence-electron chi connectivity index (χ4n) is 4.23. The van der Waals surface area contributed by atoms with Crippen molar-refractivity contribution in [3.8, 4) is 0 Å². The van der Waals surface area contributed by atoms with Gasteiger partial charge < -0.3 is 9.42 Å². The molecule has 2 aliphatic rings. The van der Waals surface area contributed by atoms with Crippen LogP contribution < -0.4 is 0 Å². The van der Waals surface area contributed by atoms with E-state index in [0.29, 0.717) is 18.2 Å². The Bertz CT molecular complexity index is 606. The Morgan fingerprint density at radius 2 is 2.15 bits per heavy atom. The lowest BCUT2D eigenvalue weighted by atomic mass is 9.73. The average Bonchev–Trinajstić information content (AvgIpc) is 3.03. The highest BCUT2D eigenvalue weighted by Gasteiger charge is 2.41. The van der Waals surface area contributed by atoms with Gasteiger partial charge >= 0.3 is 0 Å². The third kappa shape index (κ3) is 5.00.